The molecule has 0 amide bonds. The Kier molecular flexibility index (Phi) is 3.93. The Morgan fingerprint density at radius 2 is 2.00 bits per heavy atom. The zero-order valence-electron chi connectivity index (χ0n) is 11.1. The van der Waals surface area contributed by atoms with Crippen LogP contribution >= 0.6 is 0 Å². The first-order valence-electron chi connectivity index (χ1n) is 6.07. The maximum Gasteiger partial charge on any atom is 0.345 e. The number of hydrogen-bond donors (Lipinski definition) is 1. The van der Waals surface area contributed by atoms with Crippen LogP contribution in [0.4, 0.5) is 4.39 Å². The SMILES string of the molecule is CCOC(=O)c1c(-c2ccc(F)cc2)nc(=O)[nH]c1C. The molecule has 5 nitrogen and oxygen atoms in total. The lowest BCUT2D eigenvalue weighted by Gasteiger charge is -2.10. The maximum atomic E-state index is 13.0. The molecular formula is C14H13FN2O3. The molecule has 0 saturated carbocycles. The molecule has 2 rings (SSSR count). The summed E-state index contributed by atoms with van der Waals surface area (Å²) in [5.74, 6) is -0.985. The van der Waals surface area contributed by atoms with Gasteiger partial charge in [0.25, 0.3) is 0 Å². The number of ether oxygens (including phenoxy) is 1. The minimum atomic E-state index is -0.576. The van der Waals surface area contributed by atoms with E-state index in [4.69, 9.17) is 4.74 Å². The zero-order chi connectivity index (χ0) is 14.7. The number of nitrogens with one attached hydrogen (secondary N) is 1. The van der Waals surface area contributed by atoms with Gasteiger partial charge in [-0.25, -0.2) is 14.0 Å². The van der Waals surface area contributed by atoms with Gasteiger partial charge in [0.15, 0.2) is 0 Å². The van der Waals surface area contributed by atoms with Crippen LogP contribution in [0, 0.1) is 12.7 Å². The first-order chi connectivity index (χ1) is 9.52. The molecule has 0 spiro atoms. The smallest absolute Gasteiger partial charge is 0.345 e. The van der Waals surface area contributed by atoms with Crippen molar-refractivity contribution in [1.29, 1.82) is 0 Å². The third-order valence-corrected chi connectivity index (χ3v) is 2.72. The lowest BCUT2D eigenvalue weighted by molar-refractivity contribution is 0.0525. The Bertz CT molecular complexity index is 693. The normalized spacial score (nSPS) is 10.3. The topological polar surface area (TPSA) is 72.0 Å². The summed E-state index contributed by atoms with van der Waals surface area (Å²) in [6.45, 7) is 3.48. The van der Waals surface area contributed by atoms with Gasteiger partial charge in [-0.05, 0) is 38.1 Å². The fourth-order valence-corrected chi connectivity index (χ4v) is 1.86. The summed E-state index contributed by atoms with van der Waals surface area (Å²) in [7, 11) is 0. The number of hydrogen-bond acceptors (Lipinski definition) is 4. The van der Waals surface area contributed by atoms with Crippen LogP contribution in [0.1, 0.15) is 23.0 Å². The van der Waals surface area contributed by atoms with E-state index in [0.29, 0.717) is 11.3 Å². The third-order valence-electron chi connectivity index (χ3n) is 2.72. The van der Waals surface area contributed by atoms with Gasteiger partial charge < -0.3 is 9.72 Å². The van der Waals surface area contributed by atoms with E-state index in [-0.39, 0.29) is 17.9 Å². The van der Waals surface area contributed by atoms with E-state index in [9.17, 15) is 14.0 Å². The van der Waals surface area contributed by atoms with Gasteiger partial charge in [-0.15, -0.1) is 0 Å². The van der Waals surface area contributed by atoms with Gasteiger partial charge in [0.1, 0.15) is 11.4 Å². The first kappa shape index (κ1) is 13.9. The summed E-state index contributed by atoms with van der Waals surface area (Å²) in [6.07, 6.45) is 0. The van der Waals surface area contributed by atoms with Crippen LogP contribution in [0.25, 0.3) is 11.3 Å². The molecule has 0 bridgehead atoms. The fraction of sp³-hybridized carbons (Fsp3) is 0.214. The second kappa shape index (κ2) is 5.64. The van der Waals surface area contributed by atoms with E-state index < -0.39 is 17.5 Å². The van der Waals surface area contributed by atoms with Crippen LogP contribution in [0.5, 0.6) is 0 Å². The monoisotopic (exact) mass is 276 g/mol. The predicted octanol–water partition coefficient (Wildman–Crippen LogP) is 2.06. The van der Waals surface area contributed by atoms with Crippen molar-refractivity contribution in [2.45, 2.75) is 13.8 Å². The van der Waals surface area contributed by atoms with Crippen molar-refractivity contribution < 1.29 is 13.9 Å². The molecule has 0 aliphatic rings. The number of rotatable bonds is 3. The molecule has 0 aliphatic heterocycles. The molecule has 0 atom stereocenters. The molecule has 0 saturated heterocycles. The summed E-state index contributed by atoms with van der Waals surface area (Å²) < 4.78 is 17.9. The number of H-pyrrole nitrogens is 1. The standard InChI is InChI=1S/C14H13FN2O3/c1-3-20-13(18)11-8(2)16-14(19)17-12(11)9-4-6-10(15)7-5-9/h4-7H,3H2,1-2H3,(H,16,17,19). The van der Waals surface area contributed by atoms with Crippen molar-refractivity contribution >= 4 is 5.97 Å². The average molecular weight is 276 g/mol. The fourth-order valence-electron chi connectivity index (χ4n) is 1.86. The van der Waals surface area contributed by atoms with Crippen molar-refractivity contribution in [2.75, 3.05) is 6.61 Å². The molecule has 2 aromatic rings. The van der Waals surface area contributed by atoms with Gasteiger partial charge >= 0.3 is 11.7 Å². The summed E-state index contributed by atoms with van der Waals surface area (Å²) in [6, 6.07) is 5.39. The van der Waals surface area contributed by atoms with Gasteiger partial charge in [0.05, 0.1) is 12.3 Å². The van der Waals surface area contributed by atoms with E-state index in [1.807, 2.05) is 0 Å². The summed E-state index contributed by atoms with van der Waals surface area (Å²) in [5, 5.41) is 0. The second-order valence-corrected chi connectivity index (χ2v) is 4.12. The summed E-state index contributed by atoms with van der Waals surface area (Å²) >= 11 is 0. The highest BCUT2D eigenvalue weighted by molar-refractivity contribution is 5.97. The molecule has 0 unspecified atom stereocenters. The van der Waals surface area contributed by atoms with Crippen molar-refractivity contribution in [3.05, 3.63) is 51.8 Å². The molecule has 1 heterocycles. The van der Waals surface area contributed by atoms with Gasteiger partial charge in [-0.1, -0.05) is 0 Å². The molecule has 0 fully saturated rings. The maximum absolute atomic E-state index is 13.0. The van der Waals surface area contributed by atoms with E-state index in [0.717, 1.165) is 0 Å². The van der Waals surface area contributed by atoms with Crippen LogP contribution in [0.2, 0.25) is 0 Å². The van der Waals surface area contributed by atoms with Crippen molar-refractivity contribution in [3.8, 4) is 11.3 Å². The Hall–Kier alpha value is -2.50. The largest absolute Gasteiger partial charge is 0.462 e. The minimum absolute atomic E-state index is 0.179. The molecule has 0 aliphatic carbocycles. The van der Waals surface area contributed by atoms with E-state index >= 15 is 0 Å². The molecule has 104 valence electrons. The predicted molar refractivity (Wildman–Crippen MR) is 70.9 cm³/mol. The minimum Gasteiger partial charge on any atom is -0.462 e. The quantitative estimate of drug-likeness (QED) is 0.871. The molecule has 1 aromatic carbocycles. The molecule has 20 heavy (non-hydrogen) atoms. The van der Waals surface area contributed by atoms with Gasteiger partial charge in [0.2, 0.25) is 0 Å². The molecule has 6 heteroatoms. The Balaban J connectivity index is 2.64. The van der Waals surface area contributed by atoms with Gasteiger partial charge in [-0.2, -0.15) is 4.98 Å². The van der Waals surface area contributed by atoms with E-state index in [2.05, 4.69) is 9.97 Å². The number of benzene rings is 1. The summed E-state index contributed by atoms with van der Waals surface area (Å²) in [4.78, 5) is 29.7. The second-order valence-electron chi connectivity index (χ2n) is 4.12. The van der Waals surface area contributed by atoms with Crippen LogP contribution < -0.4 is 5.69 Å². The first-order valence-corrected chi connectivity index (χ1v) is 6.07. The van der Waals surface area contributed by atoms with Gasteiger partial charge in [0, 0.05) is 11.3 Å². The lowest BCUT2D eigenvalue weighted by Crippen LogP contribution is -2.19. The van der Waals surface area contributed by atoms with E-state index in [1.54, 1.807) is 13.8 Å². The highest BCUT2D eigenvalue weighted by Crippen LogP contribution is 2.22. The molecule has 0 radical (unpaired) electrons. The molecule has 1 aromatic heterocycles. The van der Waals surface area contributed by atoms with Crippen LogP contribution in [0.3, 0.4) is 0 Å². The average Bonchev–Trinajstić information content (AvgIpc) is 2.38. The molecular weight excluding hydrogens is 263 g/mol. The lowest BCUT2D eigenvalue weighted by atomic mass is 10.0. The summed E-state index contributed by atoms with van der Waals surface area (Å²) in [5.41, 5.74) is 0.629. The van der Waals surface area contributed by atoms with Crippen molar-refractivity contribution in [2.24, 2.45) is 0 Å². The Labute approximate surface area is 114 Å². The number of aromatic amines is 1. The number of esters is 1. The Morgan fingerprint density at radius 1 is 1.35 bits per heavy atom. The van der Waals surface area contributed by atoms with Crippen LogP contribution in [0.15, 0.2) is 29.1 Å². The number of nitrogens with zero attached hydrogens (tertiary/aromatic N) is 1. The van der Waals surface area contributed by atoms with E-state index in [1.165, 1.54) is 24.3 Å². The molecule has 1 N–H and O–H groups in total. The zero-order valence-corrected chi connectivity index (χ0v) is 11.1. The van der Waals surface area contributed by atoms with Crippen molar-refractivity contribution in [3.63, 3.8) is 0 Å². The number of aromatic nitrogens is 2. The van der Waals surface area contributed by atoms with Crippen molar-refractivity contribution in [1.82, 2.24) is 9.97 Å². The third kappa shape index (κ3) is 2.74. The Morgan fingerprint density at radius 3 is 2.60 bits per heavy atom. The van der Waals surface area contributed by atoms with Gasteiger partial charge in [-0.3, -0.25) is 0 Å². The number of carbonyl (C=O) groups excluding carboxylic acids is 1. The number of carbonyl (C=O) groups is 1. The number of halogens is 1. The van der Waals surface area contributed by atoms with Crippen LogP contribution in [-0.4, -0.2) is 22.5 Å². The number of aryl methyl sites for hydroxylation is 1. The van der Waals surface area contributed by atoms with Crippen LogP contribution in [-0.2, 0) is 4.74 Å². The highest BCUT2D eigenvalue weighted by Gasteiger charge is 2.19. The highest BCUT2D eigenvalue weighted by atomic mass is 19.1.